The van der Waals surface area contributed by atoms with Gasteiger partial charge in [0.15, 0.2) is 5.82 Å². The Balaban J connectivity index is 1.75. The molecule has 0 aliphatic rings. The van der Waals surface area contributed by atoms with Crippen molar-refractivity contribution >= 4 is 10.9 Å². The van der Waals surface area contributed by atoms with E-state index >= 15 is 0 Å². The molecule has 2 aromatic carbocycles. The van der Waals surface area contributed by atoms with Gasteiger partial charge >= 0.3 is 5.76 Å². The SMILES string of the molecule is Cc1ccc(Cn2ccc3ccc(-c4noc(=O)[nH]4)cc32)cc1. The fourth-order valence-corrected chi connectivity index (χ4v) is 2.71. The average Bonchev–Trinajstić information content (AvgIpc) is 3.16. The van der Waals surface area contributed by atoms with Gasteiger partial charge in [-0.05, 0) is 30.0 Å². The fraction of sp³-hybridized carbons (Fsp3) is 0.111. The Labute approximate surface area is 132 Å². The van der Waals surface area contributed by atoms with E-state index in [1.165, 1.54) is 11.1 Å². The molecule has 0 atom stereocenters. The van der Waals surface area contributed by atoms with Gasteiger partial charge in [0, 0.05) is 23.8 Å². The van der Waals surface area contributed by atoms with E-state index in [1.54, 1.807) is 0 Å². The smallest absolute Gasteiger partial charge is 0.343 e. The number of hydrogen-bond acceptors (Lipinski definition) is 3. The predicted octanol–water partition coefficient (Wildman–Crippen LogP) is 3.34. The summed E-state index contributed by atoms with van der Waals surface area (Å²) in [5, 5.41) is 4.89. The van der Waals surface area contributed by atoms with Crippen LogP contribution in [0.15, 0.2) is 64.0 Å². The Morgan fingerprint density at radius 3 is 2.70 bits per heavy atom. The number of hydrogen-bond donors (Lipinski definition) is 1. The van der Waals surface area contributed by atoms with Gasteiger partial charge in [0.05, 0.1) is 0 Å². The third-order valence-electron chi connectivity index (χ3n) is 3.96. The molecule has 0 fully saturated rings. The molecule has 5 nitrogen and oxygen atoms in total. The Morgan fingerprint density at radius 1 is 1.13 bits per heavy atom. The highest BCUT2D eigenvalue weighted by Gasteiger charge is 2.08. The second kappa shape index (κ2) is 5.28. The summed E-state index contributed by atoms with van der Waals surface area (Å²) in [4.78, 5) is 13.7. The zero-order valence-corrected chi connectivity index (χ0v) is 12.6. The van der Waals surface area contributed by atoms with E-state index in [-0.39, 0.29) is 0 Å². The zero-order chi connectivity index (χ0) is 15.8. The maximum atomic E-state index is 11.1. The molecule has 4 rings (SSSR count). The highest BCUT2D eigenvalue weighted by Crippen LogP contribution is 2.23. The number of rotatable bonds is 3. The standard InChI is InChI=1S/C18H15N3O2/c1-12-2-4-13(5-3-12)11-21-9-8-14-6-7-15(10-16(14)21)17-19-18(22)23-20-17/h2-10H,11H2,1H3,(H,19,20,22). The lowest BCUT2D eigenvalue weighted by atomic mass is 10.1. The van der Waals surface area contributed by atoms with E-state index in [1.807, 2.05) is 18.2 Å². The van der Waals surface area contributed by atoms with E-state index in [0.29, 0.717) is 5.82 Å². The Morgan fingerprint density at radius 2 is 1.96 bits per heavy atom. The van der Waals surface area contributed by atoms with Crippen LogP contribution in [-0.2, 0) is 6.54 Å². The van der Waals surface area contributed by atoms with Gasteiger partial charge in [-0.1, -0.05) is 47.1 Å². The number of aromatic nitrogens is 3. The summed E-state index contributed by atoms with van der Waals surface area (Å²) < 4.78 is 6.76. The van der Waals surface area contributed by atoms with Crippen LogP contribution >= 0.6 is 0 Å². The molecule has 0 spiro atoms. The van der Waals surface area contributed by atoms with E-state index in [2.05, 4.69) is 62.7 Å². The van der Waals surface area contributed by atoms with E-state index in [0.717, 1.165) is 23.0 Å². The lowest BCUT2D eigenvalue weighted by molar-refractivity contribution is 0.388. The van der Waals surface area contributed by atoms with E-state index in [9.17, 15) is 4.79 Å². The van der Waals surface area contributed by atoms with Crippen molar-refractivity contribution in [2.75, 3.05) is 0 Å². The minimum absolute atomic E-state index is 0.444. The summed E-state index contributed by atoms with van der Waals surface area (Å²) in [6.45, 7) is 2.88. The molecule has 4 aromatic rings. The van der Waals surface area contributed by atoms with E-state index in [4.69, 9.17) is 0 Å². The molecule has 114 valence electrons. The first-order valence-electron chi connectivity index (χ1n) is 7.40. The topological polar surface area (TPSA) is 63.8 Å². The highest BCUT2D eigenvalue weighted by molar-refractivity contribution is 5.84. The summed E-state index contributed by atoms with van der Waals surface area (Å²) >= 11 is 0. The maximum Gasteiger partial charge on any atom is 0.439 e. The molecule has 0 radical (unpaired) electrons. The molecule has 0 unspecified atom stereocenters. The number of nitrogens with one attached hydrogen (secondary N) is 1. The Hall–Kier alpha value is -3.08. The minimum Gasteiger partial charge on any atom is -0.343 e. The third-order valence-corrected chi connectivity index (χ3v) is 3.96. The summed E-state index contributed by atoms with van der Waals surface area (Å²) in [5.74, 6) is -0.102. The molecule has 0 aliphatic carbocycles. The summed E-state index contributed by atoms with van der Waals surface area (Å²) in [5.41, 5.74) is 4.41. The van der Waals surface area contributed by atoms with Crippen LogP contribution < -0.4 is 5.76 Å². The molecular formula is C18H15N3O2. The van der Waals surface area contributed by atoms with Crippen LogP contribution in [0.3, 0.4) is 0 Å². The van der Waals surface area contributed by atoms with Crippen molar-refractivity contribution in [1.82, 2.24) is 14.7 Å². The van der Waals surface area contributed by atoms with Crippen molar-refractivity contribution in [3.8, 4) is 11.4 Å². The average molecular weight is 305 g/mol. The molecule has 2 heterocycles. The fourth-order valence-electron chi connectivity index (χ4n) is 2.71. The molecule has 0 bridgehead atoms. The molecular weight excluding hydrogens is 290 g/mol. The van der Waals surface area contributed by atoms with Crippen molar-refractivity contribution in [1.29, 1.82) is 0 Å². The normalized spacial score (nSPS) is 11.2. The van der Waals surface area contributed by atoms with Crippen LogP contribution in [-0.4, -0.2) is 14.7 Å². The first-order chi connectivity index (χ1) is 11.2. The van der Waals surface area contributed by atoms with Crippen molar-refractivity contribution in [2.45, 2.75) is 13.5 Å². The van der Waals surface area contributed by atoms with Crippen molar-refractivity contribution < 1.29 is 4.52 Å². The summed E-state index contributed by atoms with van der Waals surface area (Å²) in [6.07, 6.45) is 2.07. The lowest BCUT2D eigenvalue weighted by Gasteiger charge is -2.07. The van der Waals surface area contributed by atoms with Gasteiger partial charge in [-0.25, -0.2) is 4.79 Å². The van der Waals surface area contributed by atoms with Crippen LogP contribution in [0.5, 0.6) is 0 Å². The number of benzene rings is 2. The zero-order valence-electron chi connectivity index (χ0n) is 12.6. The molecule has 23 heavy (non-hydrogen) atoms. The lowest BCUT2D eigenvalue weighted by Crippen LogP contribution is -1.98. The molecule has 0 saturated carbocycles. The van der Waals surface area contributed by atoms with Crippen LogP contribution in [0.25, 0.3) is 22.3 Å². The largest absolute Gasteiger partial charge is 0.439 e. The first kappa shape index (κ1) is 13.6. The molecule has 0 saturated heterocycles. The van der Waals surface area contributed by atoms with Gasteiger partial charge in [0.25, 0.3) is 0 Å². The van der Waals surface area contributed by atoms with E-state index < -0.39 is 5.76 Å². The number of nitrogens with zero attached hydrogens (tertiary/aromatic N) is 2. The molecule has 0 aliphatic heterocycles. The van der Waals surface area contributed by atoms with Crippen molar-refractivity contribution in [2.24, 2.45) is 0 Å². The molecule has 2 aromatic heterocycles. The second-order valence-electron chi connectivity index (χ2n) is 5.65. The van der Waals surface area contributed by atoms with Gasteiger partial charge in [0.1, 0.15) is 0 Å². The quantitative estimate of drug-likeness (QED) is 0.631. The maximum absolute atomic E-state index is 11.1. The van der Waals surface area contributed by atoms with Crippen LogP contribution in [0.4, 0.5) is 0 Å². The van der Waals surface area contributed by atoms with Crippen LogP contribution in [0, 0.1) is 6.92 Å². The van der Waals surface area contributed by atoms with Crippen molar-refractivity contribution in [3.63, 3.8) is 0 Å². The minimum atomic E-state index is -0.546. The van der Waals surface area contributed by atoms with Gasteiger partial charge < -0.3 is 4.57 Å². The van der Waals surface area contributed by atoms with Gasteiger partial charge in [-0.15, -0.1) is 0 Å². The Kier molecular flexibility index (Phi) is 3.12. The number of aryl methyl sites for hydroxylation is 1. The summed E-state index contributed by atoms with van der Waals surface area (Å²) in [7, 11) is 0. The van der Waals surface area contributed by atoms with Crippen LogP contribution in [0.2, 0.25) is 0 Å². The van der Waals surface area contributed by atoms with Gasteiger partial charge in [0.2, 0.25) is 0 Å². The number of H-pyrrole nitrogens is 1. The monoisotopic (exact) mass is 305 g/mol. The Bertz CT molecular complexity index is 1020. The van der Waals surface area contributed by atoms with Crippen molar-refractivity contribution in [3.05, 3.63) is 76.4 Å². The van der Waals surface area contributed by atoms with Gasteiger partial charge in [-0.3, -0.25) is 9.51 Å². The summed E-state index contributed by atoms with van der Waals surface area (Å²) in [6, 6.07) is 16.5. The molecule has 5 heteroatoms. The number of fused-ring (bicyclic) bond motifs is 1. The first-order valence-corrected chi connectivity index (χ1v) is 7.40. The van der Waals surface area contributed by atoms with Gasteiger partial charge in [-0.2, -0.15) is 0 Å². The van der Waals surface area contributed by atoms with Crippen LogP contribution in [0.1, 0.15) is 11.1 Å². The molecule has 1 N–H and O–H groups in total. The second-order valence-corrected chi connectivity index (χ2v) is 5.65. The molecule has 0 amide bonds. The number of aromatic amines is 1. The predicted molar refractivity (Wildman–Crippen MR) is 88.3 cm³/mol. The highest BCUT2D eigenvalue weighted by atomic mass is 16.5. The third kappa shape index (κ3) is 2.57.